The van der Waals surface area contributed by atoms with Crippen molar-refractivity contribution in [1.29, 1.82) is 0 Å². The Bertz CT molecular complexity index is 1010. The topological polar surface area (TPSA) is 64.6 Å². The number of benzene rings is 3. The van der Waals surface area contributed by atoms with Gasteiger partial charge in [-0.2, -0.15) is 0 Å². The van der Waals surface area contributed by atoms with Crippen LogP contribution >= 0.6 is 0 Å². The van der Waals surface area contributed by atoms with Gasteiger partial charge in [0.05, 0.1) is 0 Å². The van der Waals surface area contributed by atoms with Crippen molar-refractivity contribution in [3.05, 3.63) is 89.5 Å². The molecular formula is C25H25NO4. The molecule has 0 aliphatic heterocycles. The minimum absolute atomic E-state index is 0.197. The Balaban J connectivity index is 1.52. The highest BCUT2D eigenvalue weighted by Gasteiger charge is 2.10. The Hall–Kier alpha value is -3.60. The van der Waals surface area contributed by atoms with Crippen LogP contribution in [0, 0.1) is 6.92 Å². The third kappa shape index (κ3) is 5.95. The van der Waals surface area contributed by atoms with Crippen molar-refractivity contribution in [2.24, 2.45) is 0 Å². The Morgan fingerprint density at radius 2 is 1.60 bits per heavy atom. The van der Waals surface area contributed by atoms with Crippen LogP contribution < -0.4 is 14.8 Å². The fourth-order valence-electron chi connectivity index (χ4n) is 2.78. The summed E-state index contributed by atoms with van der Waals surface area (Å²) in [6.07, 6.45) is 0. The standard InChI is InChI=1S/C25H25NO4/c1-17(2)20-5-4-6-23(15-20)29-16-24(27)30-22-13-9-19(10-14-22)25(28)26-21-11-7-18(3)8-12-21/h4-15,17H,16H2,1-3H3,(H,26,28). The molecule has 0 saturated carbocycles. The highest BCUT2D eigenvalue weighted by Crippen LogP contribution is 2.20. The molecule has 3 rings (SSSR count). The van der Waals surface area contributed by atoms with E-state index in [1.165, 1.54) is 0 Å². The summed E-state index contributed by atoms with van der Waals surface area (Å²) in [7, 11) is 0. The molecule has 0 atom stereocenters. The SMILES string of the molecule is Cc1ccc(NC(=O)c2ccc(OC(=O)COc3cccc(C(C)C)c3)cc2)cc1. The first kappa shape index (κ1) is 21.1. The number of esters is 1. The minimum atomic E-state index is -0.512. The van der Waals surface area contributed by atoms with Gasteiger partial charge in [-0.05, 0) is 66.9 Å². The van der Waals surface area contributed by atoms with E-state index in [9.17, 15) is 9.59 Å². The number of rotatable bonds is 7. The summed E-state index contributed by atoms with van der Waals surface area (Å²) in [5.74, 6) is 0.613. The predicted molar refractivity (Wildman–Crippen MR) is 117 cm³/mol. The van der Waals surface area contributed by atoms with Crippen molar-refractivity contribution in [3.8, 4) is 11.5 Å². The maximum atomic E-state index is 12.3. The molecule has 1 N–H and O–H groups in total. The second-order valence-corrected chi connectivity index (χ2v) is 7.33. The number of amides is 1. The third-order valence-corrected chi connectivity index (χ3v) is 4.54. The Kier molecular flexibility index (Phi) is 6.86. The maximum absolute atomic E-state index is 12.3. The first-order chi connectivity index (χ1) is 14.4. The van der Waals surface area contributed by atoms with Crippen LogP contribution in [0.2, 0.25) is 0 Å². The Labute approximate surface area is 176 Å². The van der Waals surface area contributed by atoms with Crippen LogP contribution in [0.15, 0.2) is 72.8 Å². The summed E-state index contributed by atoms with van der Waals surface area (Å²) in [6.45, 7) is 5.98. The highest BCUT2D eigenvalue weighted by atomic mass is 16.6. The van der Waals surface area contributed by atoms with Crippen LogP contribution in [0.4, 0.5) is 5.69 Å². The molecule has 0 aliphatic carbocycles. The van der Waals surface area contributed by atoms with Gasteiger partial charge in [-0.25, -0.2) is 4.79 Å². The third-order valence-electron chi connectivity index (χ3n) is 4.54. The second-order valence-electron chi connectivity index (χ2n) is 7.33. The Morgan fingerprint density at radius 1 is 0.900 bits per heavy atom. The molecule has 0 aromatic heterocycles. The van der Waals surface area contributed by atoms with Crippen LogP contribution in [-0.2, 0) is 4.79 Å². The minimum Gasteiger partial charge on any atom is -0.482 e. The van der Waals surface area contributed by atoms with Crippen molar-refractivity contribution >= 4 is 17.6 Å². The molecule has 0 spiro atoms. The first-order valence-electron chi connectivity index (χ1n) is 9.82. The van der Waals surface area contributed by atoms with Gasteiger partial charge in [-0.1, -0.05) is 43.7 Å². The van der Waals surface area contributed by atoms with E-state index >= 15 is 0 Å². The molecule has 0 unspecified atom stereocenters. The van der Waals surface area contributed by atoms with Crippen LogP contribution in [0.25, 0.3) is 0 Å². The van der Waals surface area contributed by atoms with E-state index in [0.29, 0.717) is 23.0 Å². The van der Waals surface area contributed by atoms with Gasteiger partial charge >= 0.3 is 5.97 Å². The van der Waals surface area contributed by atoms with E-state index < -0.39 is 5.97 Å². The summed E-state index contributed by atoms with van der Waals surface area (Å²) in [6, 6.07) is 21.6. The van der Waals surface area contributed by atoms with Gasteiger partial charge < -0.3 is 14.8 Å². The van der Waals surface area contributed by atoms with Gasteiger partial charge in [0.25, 0.3) is 5.91 Å². The summed E-state index contributed by atoms with van der Waals surface area (Å²) < 4.78 is 10.8. The zero-order valence-corrected chi connectivity index (χ0v) is 17.3. The molecule has 30 heavy (non-hydrogen) atoms. The molecule has 0 heterocycles. The quantitative estimate of drug-likeness (QED) is 0.426. The molecule has 0 saturated heterocycles. The monoisotopic (exact) mass is 403 g/mol. The van der Waals surface area contributed by atoms with Gasteiger partial charge in [-0.15, -0.1) is 0 Å². The van der Waals surface area contributed by atoms with Crippen LogP contribution in [0.3, 0.4) is 0 Å². The van der Waals surface area contributed by atoms with Gasteiger partial charge in [0.1, 0.15) is 11.5 Å². The molecule has 154 valence electrons. The first-order valence-corrected chi connectivity index (χ1v) is 9.82. The average molecular weight is 403 g/mol. The number of nitrogens with one attached hydrogen (secondary N) is 1. The average Bonchev–Trinajstić information content (AvgIpc) is 2.74. The number of aryl methyl sites for hydroxylation is 1. The lowest BCUT2D eigenvalue weighted by Gasteiger charge is -2.10. The van der Waals surface area contributed by atoms with Gasteiger partial charge in [0.2, 0.25) is 0 Å². The summed E-state index contributed by atoms with van der Waals surface area (Å²) in [4.78, 5) is 24.4. The Morgan fingerprint density at radius 3 is 2.27 bits per heavy atom. The van der Waals surface area contributed by atoms with E-state index in [1.807, 2.05) is 49.4 Å². The number of hydrogen-bond acceptors (Lipinski definition) is 4. The van der Waals surface area contributed by atoms with Crippen molar-refractivity contribution < 1.29 is 19.1 Å². The zero-order valence-electron chi connectivity index (χ0n) is 17.3. The van der Waals surface area contributed by atoms with Gasteiger partial charge in [0, 0.05) is 11.3 Å². The van der Waals surface area contributed by atoms with Crippen molar-refractivity contribution in [2.75, 3.05) is 11.9 Å². The molecule has 0 fully saturated rings. The molecule has 0 bridgehead atoms. The fourth-order valence-corrected chi connectivity index (χ4v) is 2.78. The molecule has 0 radical (unpaired) electrons. The van der Waals surface area contributed by atoms with Gasteiger partial charge in [-0.3, -0.25) is 4.79 Å². The summed E-state index contributed by atoms with van der Waals surface area (Å²) >= 11 is 0. The molecule has 3 aromatic carbocycles. The largest absolute Gasteiger partial charge is 0.482 e. The predicted octanol–water partition coefficient (Wildman–Crippen LogP) is 5.36. The van der Waals surface area contributed by atoms with E-state index in [2.05, 4.69) is 19.2 Å². The molecule has 5 nitrogen and oxygen atoms in total. The molecule has 5 heteroatoms. The molecular weight excluding hydrogens is 378 g/mol. The maximum Gasteiger partial charge on any atom is 0.349 e. The van der Waals surface area contributed by atoms with E-state index in [0.717, 1.165) is 16.8 Å². The number of anilines is 1. The number of hydrogen-bond donors (Lipinski definition) is 1. The number of carbonyl (C=O) groups excluding carboxylic acids is 2. The number of carbonyl (C=O) groups is 2. The van der Waals surface area contributed by atoms with Crippen molar-refractivity contribution in [1.82, 2.24) is 0 Å². The van der Waals surface area contributed by atoms with Crippen LogP contribution in [-0.4, -0.2) is 18.5 Å². The fraction of sp³-hybridized carbons (Fsp3) is 0.200. The normalized spacial score (nSPS) is 10.5. The molecule has 1 amide bonds. The lowest BCUT2D eigenvalue weighted by atomic mass is 10.0. The summed E-state index contributed by atoms with van der Waals surface area (Å²) in [5.41, 5.74) is 3.45. The smallest absolute Gasteiger partial charge is 0.349 e. The molecule has 0 aliphatic rings. The van der Waals surface area contributed by atoms with Crippen LogP contribution in [0.5, 0.6) is 11.5 Å². The lowest BCUT2D eigenvalue weighted by Crippen LogP contribution is -2.18. The number of ether oxygens (including phenoxy) is 2. The van der Waals surface area contributed by atoms with Crippen molar-refractivity contribution in [2.45, 2.75) is 26.7 Å². The lowest BCUT2D eigenvalue weighted by molar-refractivity contribution is -0.136. The zero-order chi connectivity index (χ0) is 21.5. The van der Waals surface area contributed by atoms with Gasteiger partial charge in [0.15, 0.2) is 6.61 Å². The molecule has 3 aromatic rings. The van der Waals surface area contributed by atoms with E-state index in [4.69, 9.17) is 9.47 Å². The highest BCUT2D eigenvalue weighted by molar-refractivity contribution is 6.04. The van der Waals surface area contributed by atoms with Crippen LogP contribution in [0.1, 0.15) is 41.3 Å². The second kappa shape index (κ2) is 9.74. The van der Waals surface area contributed by atoms with Crippen molar-refractivity contribution in [3.63, 3.8) is 0 Å². The van der Waals surface area contributed by atoms with E-state index in [1.54, 1.807) is 30.3 Å². The summed E-state index contributed by atoms with van der Waals surface area (Å²) in [5, 5.41) is 2.83. The van der Waals surface area contributed by atoms with E-state index in [-0.39, 0.29) is 12.5 Å².